The largest absolute Gasteiger partial charge is 0.491 e. The van der Waals surface area contributed by atoms with Gasteiger partial charge < -0.3 is 9.84 Å². The molecule has 27 heavy (non-hydrogen) atoms. The lowest BCUT2D eigenvalue weighted by atomic mass is 9.87. The lowest BCUT2D eigenvalue weighted by Gasteiger charge is -2.41. The average molecular weight is 367 g/mol. The molecule has 0 aromatic heterocycles. The molecule has 1 saturated heterocycles. The SMILES string of the molecule is OCCOc1ccc(CN2CCN([C@H]3CCc4ccccc4C3)CC2)cc1. The lowest BCUT2D eigenvalue weighted by molar-refractivity contribution is 0.0856. The molecule has 0 spiro atoms. The van der Waals surface area contributed by atoms with Gasteiger partial charge in [0.2, 0.25) is 0 Å². The van der Waals surface area contributed by atoms with E-state index in [2.05, 4.69) is 46.2 Å². The van der Waals surface area contributed by atoms with E-state index in [1.165, 1.54) is 37.9 Å². The molecule has 0 unspecified atom stereocenters. The Labute approximate surface area is 162 Å². The summed E-state index contributed by atoms with van der Waals surface area (Å²) in [5.74, 6) is 0.829. The van der Waals surface area contributed by atoms with E-state index in [-0.39, 0.29) is 6.61 Å². The summed E-state index contributed by atoms with van der Waals surface area (Å²) in [5, 5.41) is 8.83. The molecule has 144 valence electrons. The van der Waals surface area contributed by atoms with Crippen molar-refractivity contribution in [2.24, 2.45) is 0 Å². The van der Waals surface area contributed by atoms with Crippen LogP contribution in [0.15, 0.2) is 48.5 Å². The number of aliphatic hydroxyl groups excluding tert-OH is 1. The topological polar surface area (TPSA) is 35.9 Å². The van der Waals surface area contributed by atoms with Crippen molar-refractivity contribution in [3.63, 3.8) is 0 Å². The van der Waals surface area contributed by atoms with Gasteiger partial charge >= 0.3 is 0 Å². The molecule has 1 aliphatic heterocycles. The number of fused-ring (bicyclic) bond motifs is 1. The smallest absolute Gasteiger partial charge is 0.119 e. The second-order valence-corrected chi connectivity index (χ2v) is 7.69. The normalized spacial score (nSPS) is 21.0. The molecule has 0 saturated carbocycles. The Morgan fingerprint density at radius 1 is 0.926 bits per heavy atom. The van der Waals surface area contributed by atoms with Crippen molar-refractivity contribution < 1.29 is 9.84 Å². The van der Waals surface area contributed by atoms with Crippen LogP contribution in [0.25, 0.3) is 0 Å². The molecule has 1 N–H and O–H groups in total. The molecule has 2 aromatic carbocycles. The molecule has 0 bridgehead atoms. The van der Waals surface area contributed by atoms with E-state index >= 15 is 0 Å². The summed E-state index contributed by atoms with van der Waals surface area (Å²) in [6.45, 7) is 6.03. The molecule has 1 atom stereocenters. The van der Waals surface area contributed by atoms with Crippen molar-refractivity contribution in [3.05, 3.63) is 65.2 Å². The minimum Gasteiger partial charge on any atom is -0.491 e. The van der Waals surface area contributed by atoms with Crippen molar-refractivity contribution >= 4 is 0 Å². The quantitative estimate of drug-likeness (QED) is 0.853. The van der Waals surface area contributed by atoms with Crippen LogP contribution in [-0.4, -0.2) is 60.3 Å². The summed E-state index contributed by atoms with van der Waals surface area (Å²) in [5.41, 5.74) is 4.44. The molecule has 1 heterocycles. The molecule has 0 radical (unpaired) electrons. The number of aliphatic hydroxyl groups is 1. The molecule has 4 rings (SSSR count). The predicted molar refractivity (Wildman–Crippen MR) is 108 cm³/mol. The number of hydrogen-bond acceptors (Lipinski definition) is 4. The Kier molecular flexibility index (Phi) is 6.07. The number of hydrogen-bond donors (Lipinski definition) is 1. The minimum atomic E-state index is 0.0542. The van der Waals surface area contributed by atoms with Crippen molar-refractivity contribution in [3.8, 4) is 5.75 Å². The van der Waals surface area contributed by atoms with Gasteiger partial charge in [-0.3, -0.25) is 9.80 Å². The molecule has 0 amide bonds. The molecule has 1 fully saturated rings. The summed E-state index contributed by atoms with van der Waals surface area (Å²) in [6, 6.07) is 17.9. The molecule has 4 nitrogen and oxygen atoms in total. The summed E-state index contributed by atoms with van der Waals surface area (Å²) in [4.78, 5) is 5.26. The van der Waals surface area contributed by atoms with Crippen molar-refractivity contribution in [1.29, 1.82) is 0 Å². The zero-order valence-electron chi connectivity index (χ0n) is 16.0. The first-order valence-electron chi connectivity index (χ1n) is 10.2. The highest BCUT2D eigenvalue weighted by Gasteiger charge is 2.27. The Balaban J connectivity index is 1.26. The van der Waals surface area contributed by atoms with Gasteiger partial charge in [0, 0.05) is 38.8 Å². The number of ether oxygens (including phenoxy) is 1. The Morgan fingerprint density at radius 2 is 1.67 bits per heavy atom. The summed E-state index contributed by atoms with van der Waals surface area (Å²) >= 11 is 0. The second kappa shape index (κ2) is 8.87. The first kappa shape index (κ1) is 18.5. The van der Waals surface area contributed by atoms with E-state index in [0.29, 0.717) is 12.6 Å². The first-order valence-corrected chi connectivity index (χ1v) is 10.2. The number of aryl methyl sites for hydroxylation is 1. The number of nitrogens with zero attached hydrogens (tertiary/aromatic N) is 2. The van der Waals surface area contributed by atoms with Crippen LogP contribution in [0, 0.1) is 0 Å². The third-order valence-corrected chi connectivity index (χ3v) is 5.93. The second-order valence-electron chi connectivity index (χ2n) is 7.69. The van der Waals surface area contributed by atoms with Crippen LogP contribution in [0.2, 0.25) is 0 Å². The summed E-state index contributed by atoms with van der Waals surface area (Å²) < 4.78 is 5.44. The van der Waals surface area contributed by atoms with E-state index in [4.69, 9.17) is 9.84 Å². The molecule has 4 heteroatoms. The van der Waals surface area contributed by atoms with Gasteiger partial charge in [0.15, 0.2) is 0 Å². The molecular weight excluding hydrogens is 336 g/mol. The number of benzene rings is 2. The fourth-order valence-corrected chi connectivity index (χ4v) is 4.39. The van der Waals surface area contributed by atoms with E-state index in [0.717, 1.165) is 25.4 Å². The molecular formula is C23H30N2O2. The fourth-order valence-electron chi connectivity index (χ4n) is 4.39. The van der Waals surface area contributed by atoms with Gasteiger partial charge in [-0.1, -0.05) is 36.4 Å². The number of piperazine rings is 1. The van der Waals surface area contributed by atoms with Crippen molar-refractivity contribution in [1.82, 2.24) is 9.80 Å². The van der Waals surface area contributed by atoms with Crippen molar-refractivity contribution in [2.45, 2.75) is 31.8 Å². The van der Waals surface area contributed by atoms with E-state index in [9.17, 15) is 0 Å². The summed E-state index contributed by atoms with van der Waals surface area (Å²) in [6.07, 6.45) is 3.74. The van der Waals surface area contributed by atoms with Crippen LogP contribution < -0.4 is 4.74 Å². The van der Waals surface area contributed by atoms with E-state index in [1.54, 1.807) is 11.1 Å². The monoisotopic (exact) mass is 366 g/mol. The van der Waals surface area contributed by atoms with Gasteiger partial charge in [0.05, 0.1) is 6.61 Å². The van der Waals surface area contributed by atoms with Gasteiger partial charge in [0.25, 0.3) is 0 Å². The average Bonchev–Trinajstić information content (AvgIpc) is 2.73. The third-order valence-electron chi connectivity index (χ3n) is 5.93. The van der Waals surface area contributed by atoms with Crippen LogP contribution in [0.4, 0.5) is 0 Å². The Bertz CT molecular complexity index is 723. The van der Waals surface area contributed by atoms with E-state index in [1.807, 2.05) is 12.1 Å². The standard InChI is InChI=1S/C23H30N2O2/c26-15-16-27-23-9-5-19(6-10-23)18-24-11-13-25(14-12-24)22-8-7-20-3-1-2-4-21(20)17-22/h1-6,9-10,22,26H,7-8,11-18H2/t22-/m0/s1. The van der Waals surface area contributed by atoms with Gasteiger partial charge in [0.1, 0.15) is 12.4 Å². The third kappa shape index (κ3) is 4.70. The van der Waals surface area contributed by atoms with Gasteiger partial charge in [-0.2, -0.15) is 0 Å². The maximum absolute atomic E-state index is 8.83. The highest BCUT2D eigenvalue weighted by molar-refractivity contribution is 5.30. The zero-order chi connectivity index (χ0) is 18.5. The Hall–Kier alpha value is -1.88. The van der Waals surface area contributed by atoms with E-state index < -0.39 is 0 Å². The number of rotatable bonds is 6. The minimum absolute atomic E-state index is 0.0542. The van der Waals surface area contributed by atoms with Crippen molar-refractivity contribution in [2.75, 3.05) is 39.4 Å². The Morgan fingerprint density at radius 3 is 2.41 bits per heavy atom. The highest BCUT2D eigenvalue weighted by Crippen LogP contribution is 2.25. The van der Waals surface area contributed by atoms with Gasteiger partial charge in [-0.25, -0.2) is 0 Å². The van der Waals surface area contributed by atoms with Crippen LogP contribution >= 0.6 is 0 Å². The molecule has 1 aliphatic carbocycles. The highest BCUT2D eigenvalue weighted by atomic mass is 16.5. The molecule has 2 aliphatic rings. The van der Waals surface area contributed by atoms with Crippen LogP contribution in [0.3, 0.4) is 0 Å². The molecule has 2 aromatic rings. The van der Waals surface area contributed by atoms with Crippen LogP contribution in [-0.2, 0) is 19.4 Å². The van der Waals surface area contributed by atoms with Crippen LogP contribution in [0.1, 0.15) is 23.1 Å². The van der Waals surface area contributed by atoms with Gasteiger partial charge in [-0.05, 0) is 48.1 Å². The van der Waals surface area contributed by atoms with Crippen LogP contribution in [0.5, 0.6) is 5.75 Å². The maximum atomic E-state index is 8.83. The predicted octanol–water partition coefficient (Wildman–Crippen LogP) is 2.73. The zero-order valence-corrected chi connectivity index (χ0v) is 16.0. The van der Waals surface area contributed by atoms with Gasteiger partial charge in [-0.15, -0.1) is 0 Å². The summed E-state index contributed by atoms with van der Waals surface area (Å²) in [7, 11) is 0. The first-order chi connectivity index (χ1) is 13.3. The lowest BCUT2D eigenvalue weighted by Crippen LogP contribution is -2.51. The maximum Gasteiger partial charge on any atom is 0.119 e. The fraction of sp³-hybridized carbons (Fsp3) is 0.478.